The van der Waals surface area contributed by atoms with Crippen LogP contribution in [0.2, 0.25) is 5.02 Å². The molecule has 2 aromatic rings. The van der Waals surface area contributed by atoms with E-state index >= 15 is 0 Å². The lowest BCUT2D eigenvalue weighted by molar-refractivity contribution is -0.137. The molecule has 1 aromatic heterocycles. The number of ether oxygens (including phenoxy) is 4. The average molecular weight is 571 g/mol. The molecule has 1 heterocycles. The lowest BCUT2D eigenvalue weighted by atomic mass is 10.2. The van der Waals surface area contributed by atoms with Crippen molar-refractivity contribution < 1.29 is 45.3 Å². The van der Waals surface area contributed by atoms with Gasteiger partial charge in [-0.1, -0.05) is 11.6 Å². The third kappa shape index (κ3) is 10.6. The molecule has 0 aliphatic rings. The summed E-state index contributed by atoms with van der Waals surface area (Å²) in [5.41, 5.74) is -0.855. The maximum atomic E-state index is 12.9. The molecule has 0 fully saturated rings. The van der Waals surface area contributed by atoms with Gasteiger partial charge in [-0.15, -0.1) is 0 Å². The summed E-state index contributed by atoms with van der Waals surface area (Å²) < 4.78 is 87.5. The second-order valence-electron chi connectivity index (χ2n) is 7.60. The smallest absolute Gasteiger partial charge is 0.422 e. The van der Waals surface area contributed by atoms with Gasteiger partial charge in [0, 0.05) is 38.0 Å². The first-order valence-electron chi connectivity index (χ1n) is 10.5. The van der Waals surface area contributed by atoms with E-state index < -0.39 is 39.7 Å². The van der Waals surface area contributed by atoms with Crippen LogP contribution in [0.25, 0.3) is 0 Å². The van der Waals surface area contributed by atoms with Crippen molar-refractivity contribution in [2.24, 2.45) is 0 Å². The molecule has 37 heavy (non-hydrogen) atoms. The number of amides is 1. The number of aromatic nitrogens is 1. The number of likely N-dealkylation sites (N-methyl/N-ethyl adjacent to an activating group) is 1. The van der Waals surface area contributed by atoms with Crippen LogP contribution in [0.3, 0.4) is 0 Å². The topological polar surface area (TPSA) is 128 Å². The Hall–Kier alpha value is -2.85. The Morgan fingerprint density at radius 2 is 1.92 bits per heavy atom. The number of nitrogens with zero attached hydrogens (tertiary/aromatic N) is 2. The number of carbonyl (C=O) groups is 1. The van der Waals surface area contributed by atoms with E-state index in [0.29, 0.717) is 24.6 Å². The van der Waals surface area contributed by atoms with Crippen molar-refractivity contribution in [3.05, 3.63) is 46.6 Å². The number of hydrogen-bond donors (Lipinski definition) is 2. The summed E-state index contributed by atoms with van der Waals surface area (Å²) in [5.74, 6) is -0.0538. The first kappa shape index (κ1) is 30.4. The first-order chi connectivity index (χ1) is 17.3. The van der Waals surface area contributed by atoms with Gasteiger partial charge < -0.3 is 23.8 Å². The molecule has 0 spiro atoms. The van der Waals surface area contributed by atoms with Gasteiger partial charge in [-0.3, -0.25) is 0 Å². The number of halogens is 4. The summed E-state index contributed by atoms with van der Waals surface area (Å²) in [5, 5.41) is -0.417. The average Bonchev–Trinajstić information content (AvgIpc) is 2.78. The molecule has 16 heteroatoms. The first-order valence-corrected chi connectivity index (χ1v) is 12.4. The quantitative estimate of drug-likeness (QED) is 0.349. The Bertz CT molecular complexity index is 1170. The summed E-state index contributed by atoms with van der Waals surface area (Å²) in [6.07, 6.45) is -5.37. The number of carbonyl (C=O) groups excluding carboxylic acids is 1. The van der Waals surface area contributed by atoms with Crippen molar-refractivity contribution in [1.29, 1.82) is 0 Å². The summed E-state index contributed by atoms with van der Waals surface area (Å²) in [6, 6.07) is 5.00. The lowest BCUT2D eigenvalue weighted by Crippen LogP contribution is -2.42. The van der Waals surface area contributed by atoms with Crippen LogP contribution in [0.4, 0.5) is 18.0 Å². The Morgan fingerprint density at radius 1 is 1.19 bits per heavy atom. The van der Waals surface area contributed by atoms with Crippen LogP contribution < -0.4 is 18.9 Å². The number of hydrogen-bond acceptors (Lipinski definition) is 9. The van der Waals surface area contributed by atoms with Gasteiger partial charge >= 0.3 is 22.5 Å². The molecule has 0 aliphatic carbocycles. The van der Waals surface area contributed by atoms with Gasteiger partial charge in [-0.25, -0.2) is 14.5 Å². The molecule has 0 radical (unpaired) electrons. The SMILES string of the molecule is COCCOc1ccc(COC(=O)NS(=O)(=O)NCCN(C)C)c(Oc2ncc(C(F)(F)F)cc2Cl)c1. The summed E-state index contributed by atoms with van der Waals surface area (Å²) in [6.45, 7) is 0.455. The predicted octanol–water partition coefficient (Wildman–Crippen LogP) is 3.19. The molecule has 0 aliphatic heterocycles. The van der Waals surface area contributed by atoms with Gasteiger partial charge in [0.05, 0.1) is 12.2 Å². The maximum Gasteiger partial charge on any atom is 0.422 e. The van der Waals surface area contributed by atoms with Crippen molar-refractivity contribution >= 4 is 27.9 Å². The van der Waals surface area contributed by atoms with Crippen LogP contribution in [0.1, 0.15) is 11.1 Å². The van der Waals surface area contributed by atoms with Crippen LogP contribution in [-0.2, 0) is 32.5 Å². The van der Waals surface area contributed by atoms with Crippen molar-refractivity contribution in [2.75, 3.05) is 47.5 Å². The van der Waals surface area contributed by atoms with Gasteiger partial charge in [0.1, 0.15) is 29.7 Å². The van der Waals surface area contributed by atoms with Gasteiger partial charge in [0.25, 0.3) is 0 Å². The highest BCUT2D eigenvalue weighted by Gasteiger charge is 2.32. The van der Waals surface area contributed by atoms with E-state index in [2.05, 4.69) is 9.71 Å². The number of methoxy groups -OCH3 is 1. The molecular weight excluding hydrogens is 545 g/mol. The standard InChI is InChI=1S/C21H26ClF3N4O7S/c1-29(2)7-6-27-37(31,32)28-20(30)35-13-14-4-5-16(34-9-8-33-3)11-18(14)36-19-17(22)10-15(12-26-19)21(23,24)25/h4-5,10-12,27H,6-9,13H2,1-3H3,(H,28,30). The highest BCUT2D eigenvalue weighted by molar-refractivity contribution is 7.88. The molecule has 0 atom stereocenters. The summed E-state index contributed by atoms with van der Waals surface area (Å²) in [7, 11) is 0.815. The normalized spacial score (nSPS) is 11.9. The zero-order valence-corrected chi connectivity index (χ0v) is 21.7. The fourth-order valence-electron chi connectivity index (χ4n) is 2.56. The fraction of sp³-hybridized carbons (Fsp3) is 0.429. The lowest BCUT2D eigenvalue weighted by Gasteiger charge is -2.15. The second-order valence-corrected chi connectivity index (χ2v) is 9.51. The molecular formula is C21H26ClF3N4O7S. The highest BCUT2D eigenvalue weighted by Crippen LogP contribution is 2.36. The van der Waals surface area contributed by atoms with E-state index in [-0.39, 0.29) is 37.0 Å². The third-order valence-corrected chi connectivity index (χ3v) is 5.65. The van der Waals surface area contributed by atoms with Crippen LogP contribution in [0.5, 0.6) is 17.4 Å². The molecule has 2 rings (SSSR count). The largest absolute Gasteiger partial charge is 0.491 e. The minimum Gasteiger partial charge on any atom is -0.491 e. The van der Waals surface area contributed by atoms with E-state index in [4.69, 9.17) is 30.5 Å². The third-order valence-electron chi connectivity index (χ3n) is 4.36. The van der Waals surface area contributed by atoms with Crippen LogP contribution in [0.15, 0.2) is 30.5 Å². The Labute approximate surface area is 217 Å². The summed E-state index contributed by atoms with van der Waals surface area (Å²) >= 11 is 5.93. The predicted molar refractivity (Wildman–Crippen MR) is 127 cm³/mol. The number of pyridine rings is 1. The Balaban J connectivity index is 2.17. The number of benzene rings is 1. The zero-order chi connectivity index (χ0) is 27.6. The monoisotopic (exact) mass is 570 g/mol. The Kier molecular flexibility index (Phi) is 11.2. The summed E-state index contributed by atoms with van der Waals surface area (Å²) in [4.78, 5) is 17.4. The van der Waals surface area contributed by atoms with Crippen molar-refractivity contribution in [1.82, 2.24) is 19.3 Å². The Morgan fingerprint density at radius 3 is 2.54 bits per heavy atom. The van der Waals surface area contributed by atoms with Crippen molar-refractivity contribution in [3.63, 3.8) is 0 Å². The molecule has 0 bridgehead atoms. The van der Waals surface area contributed by atoms with Crippen molar-refractivity contribution in [2.45, 2.75) is 12.8 Å². The van der Waals surface area contributed by atoms with E-state index in [1.54, 1.807) is 23.7 Å². The molecule has 1 amide bonds. The molecule has 1 aromatic carbocycles. The number of alkyl halides is 3. The molecule has 0 saturated carbocycles. The van der Waals surface area contributed by atoms with Crippen LogP contribution >= 0.6 is 11.6 Å². The number of rotatable bonds is 13. The van der Waals surface area contributed by atoms with Crippen LogP contribution in [0, 0.1) is 0 Å². The number of nitrogens with one attached hydrogen (secondary N) is 2. The van der Waals surface area contributed by atoms with Gasteiger partial charge in [0.15, 0.2) is 0 Å². The minimum atomic E-state index is -4.65. The van der Waals surface area contributed by atoms with Gasteiger partial charge in [-0.05, 0) is 32.3 Å². The van der Waals surface area contributed by atoms with E-state index in [0.717, 1.165) is 0 Å². The zero-order valence-electron chi connectivity index (χ0n) is 20.1. The van der Waals surface area contributed by atoms with Crippen LogP contribution in [-0.4, -0.2) is 71.9 Å². The minimum absolute atomic E-state index is 0.0103. The van der Waals surface area contributed by atoms with Crippen molar-refractivity contribution in [3.8, 4) is 17.4 Å². The molecule has 11 nitrogen and oxygen atoms in total. The van der Waals surface area contributed by atoms with Gasteiger partial charge in [-0.2, -0.15) is 26.3 Å². The molecule has 0 unspecified atom stereocenters. The fourth-order valence-corrected chi connectivity index (χ4v) is 3.48. The van der Waals surface area contributed by atoms with E-state index in [9.17, 15) is 26.4 Å². The maximum absolute atomic E-state index is 12.9. The highest BCUT2D eigenvalue weighted by atomic mass is 35.5. The molecule has 206 valence electrons. The van der Waals surface area contributed by atoms with E-state index in [1.807, 2.05) is 0 Å². The second kappa shape index (κ2) is 13.6. The molecule has 2 N–H and O–H groups in total. The van der Waals surface area contributed by atoms with E-state index in [1.165, 1.54) is 25.3 Å². The van der Waals surface area contributed by atoms with Gasteiger partial charge in [0.2, 0.25) is 5.88 Å². The molecule has 0 saturated heterocycles.